The van der Waals surface area contributed by atoms with E-state index < -0.39 is 8.07 Å². The molecule has 0 unspecified atom stereocenters. The number of benzene rings is 5. The molecule has 0 amide bonds. The first-order chi connectivity index (χ1) is 24.9. The molecule has 52 heavy (non-hydrogen) atoms. The van der Waals surface area contributed by atoms with Crippen molar-refractivity contribution in [3.8, 4) is 33.9 Å². The van der Waals surface area contributed by atoms with Crippen molar-refractivity contribution < 1.29 is 24.5 Å². The molecular formula is C45H36IrN4OSi-2. The third-order valence-corrected chi connectivity index (χ3v) is 11.1. The zero-order valence-corrected chi connectivity index (χ0v) is 32.6. The van der Waals surface area contributed by atoms with Gasteiger partial charge in [-0.05, 0) is 40.7 Å². The van der Waals surface area contributed by atoms with Crippen LogP contribution >= 0.6 is 0 Å². The number of fused-ring (bicyclic) bond motifs is 4. The Balaban J connectivity index is 0.000000209. The molecular weight excluding hydrogens is 833 g/mol. The molecule has 5 nitrogen and oxygen atoms in total. The third kappa shape index (κ3) is 7.17. The van der Waals surface area contributed by atoms with Crippen LogP contribution in [0.25, 0.3) is 67.0 Å². The van der Waals surface area contributed by atoms with E-state index in [4.69, 9.17) is 14.4 Å². The summed E-state index contributed by atoms with van der Waals surface area (Å²) in [4.78, 5) is 14.4. The Morgan fingerprint density at radius 1 is 0.654 bits per heavy atom. The molecule has 0 aliphatic heterocycles. The summed E-state index contributed by atoms with van der Waals surface area (Å²) in [6, 6.07) is 55.8. The van der Waals surface area contributed by atoms with Gasteiger partial charge in [0.15, 0.2) is 0 Å². The summed E-state index contributed by atoms with van der Waals surface area (Å²) in [5.41, 5.74) is 9.47. The number of hydrogen-bond donors (Lipinski definition) is 0. The van der Waals surface area contributed by atoms with Crippen LogP contribution in [0.3, 0.4) is 0 Å². The first-order valence-corrected chi connectivity index (χ1v) is 20.6. The average Bonchev–Trinajstić information content (AvgIpc) is 3.74. The van der Waals surface area contributed by atoms with Crippen LogP contribution in [0.15, 0.2) is 156 Å². The number of hydrogen-bond acceptors (Lipinski definition) is 4. The molecule has 0 fully saturated rings. The Morgan fingerprint density at radius 3 is 2.12 bits per heavy atom. The second-order valence-corrected chi connectivity index (χ2v) is 18.6. The number of para-hydroxylation sites is 2. The van der Waals surface area contributed by atoms with Crippen LogP contribution in [0.5, 0.6) is 0 Å². The van der Waals surface area contributed by atoms with E-state index in [0.717, 1.165) is 61.3 Å². The van der Waals surface area contributed by atoms with Crippen molar-refractivity contribution in [3.05, 3.63) is 169 Å². The molecule has 0 saturated carbocycles. The van der Waals surface area contributed by atoms with Gasteiger partial charge in [-0.3, -0.25) is 4.98 Å². The second-order valence-electron chi connectivity index (χ2n) is 13.6. The van der Waals surface area contributed by atoms with Crippen molar-refractivity contribution in [3.63, 3.8) is 0 Å². The molecule has 0 N–H and O–H groups in total. The van der Waals surface area contributed by atoms with Crippen molar-refractivity contribution in [1.82, 2.24) is 19.5 Å². The number of nitrogens with zero attached hydrogens (tertiary/aromatic N) is 4. The first-order valence-electron chi connectivity index (χ1n) is 17.1. The van der Waals surface area contributed by atoms with E-state index >= 15 is 0 Å². The van der Waals surface area contributed by atoms with Crippen LogP contribution in [0.4, 0.5) is 0 Å². The molecule has 4 heterocycles. The van der Waals surface area contributed by atoms with E-state index in [2.05, 4.69) is 108 Å². The Morgan fingerprint density at radius 2 is 1.38 bits per heavy atom. The van der Waals surface area contributed by atoms with Crippen LogP contribution in [-0.4, -0.2) is 27.6 Å². The summed E-state index contributed by atoms with van der Waals surface area (Å²) in [5, 5.41) is 3.40. The van der Waals surface area contributed by atoms with Gasteiger partial charge in [0.05, 0.1) is 36.2 Å². The van der Waals surface area contributed by atoms with E-state index in [1.165, 1.54) is 10.8 Å². The number of rotatable bonds is 6. The Hall–Kier alpha value is -5.46. The molecule has 9 rings (SSSR count). The summed E-state index contributed by atoms with van der Waals surface area (Å²) in [6.07, 6.45) is 2.02. The van der Waals surface area contributed by atoms with E-state index in [-0.39, 0.29) is 20.1 Å². The molecule has 0 spiro atoms. The van der Waals surface area contributed by atoms with Gasteiger partial charge in [0.1, 0.15) is 0 Å². The smallest absolute Gasteiger partial charge is 0.216 e. The quantitative estimate of drug-likeness (QED) is 0.123. The number of pyridine rings is 2. The minimum atomic E-state index is -1.23. The molecule has 9 aromatic rings. The van der Waals surface area contributed by atoms with Crippen molar-refractivity contribution in [1.29, 1.82) is 0 Å². The van der Waals surface area contributed by atoms with Gasteiger partial charge >= 0.3 is 0 Å². The van der Waals surface area contributed by atoms with Crippen LogP contribution in [-0.2, 0) is 26.7 Å². The van der Waals surface area contributed by atoms with Gasteiger partial charge in [-0.25, -0.2) is 4.98 Å². The number of furan rings is 1. The van der Waals surface area contributed by atoms with Gasteiger partial charge in [0, 0.05) is 43.8 Å². The minimum Gasteiger partial charge on any atom is -0.486 e. The van der Waals surface area contributed by atoms with Gasteiger partial charge in [0.2, 0.25) is 5.71 Å². The molecule has 0 atom stereocenters. The summed E-state index contributed by atoms with van der Waals surface area (Å²) in [5.74, 6) is 0.836. The van der Waals surface area contributed by atoms with Gasteiger partial charge < -0.3 is 14.0 Å². The maximum atomic E-state index is 6.41. The fourth-order valence-electron chi connectivity index (χ4n) is 6.30. The molecule has 5 aromatic carbocycles. The fourth-order valence-corrected chi connectivity index (χ4v) is 7.34. The van der Waals surface area contributed by atoms with Crippen LogP contribution in [0, 0.1) is 12.1 Å². The Kier molecular flexibility index (Phi) is 10.1. The van der Waals surface area contributed by atoms with E-state index in [0.29, 0.717) is 12.3 Å². The zero-order chi connectivity index (χ0) is 34.8. The first kappa shape index (κ1) is 35.0. The Labute approximate surface area is 318 Å². The van der Waals surface area contributed by atoms with Crippen molar-refractivity contribution in [2.75, 3.05) is 0 Å². The van der Waals surface area contributed by atoms with Crippen molar-refractivity contribution in [2.24, 2.45) is 0 Å². The van der Waals surface area contributed by atoms with Crippen molar-refractivity contribution >= 4 is 46.4 Å². The number of imidazole rings is 1. The maximum Gasteiger partial charge on any atom is 0.216 e. The molecule has 1 radical (unpaired) electrons. The van der Waals surface area contributed by atoms with Crippen LogP contribution < -0.4 is 5.19 Å². The van der Waals surface area contributed by atoms with Crippen LogP contribution in [0.1, 0.15) is 5.56 Å². The summed E-state index contributed by atoms with van der Waals surface area (Å²) in [7, 11) is -1.23. The monoisotopic (exact) mass is 869 g/mol. The molecule has 0 bridgehead atoms. The van der Waals surface area contributed by atoms with Gasteiger partial charge in [0.25, 0.3) is 0 Å². The molecule has 0 aliphatic rings. The molecule has 0 aliphatic carbocycles. The van der Waals surface area contributed by atoms with E-state index in [1.54, 1.807) is 0 Å². The van der Waals surface area contributed by atoms with Gasteiger partial charge in [-0.15, -0.1) is 54.1 Å². The SMILES string of the molecule is C[Si](C)(C)c1ccc(-c2[c-]cccc2)nc1.[Ir].[c-]1ccc2c(oc3nc(-c4ccccc4)ccc32)c1-c1nc2ccccc2n1Cc1ccccc1. The maximum absolute atomic E-state index is 6.41. The summed E-state index contributed by atoms with van der Waals surface area (Å²) >= 11 is 0. The van der Waals surface area contributed by atoms with Crippen LogP contribution in [0.2, 0.25) is 19.6 Å². The molecule has 7 heteroatoms. The predicted octanol–water partition coefficient (Wildman–Crippen LogP) is 10.6. The third-order valence-electron chi connectivity index (χ3n) is 9.04. The minimum absolute atomic E-state index is 0. The average molecular weight is 869 g/mol. The summed E-state index contributed by atoms with van der Waals surface area (Å²) < 4.78 is 8.65. The molecule has 257 valence electrons. The number of aromatic nitrogens is 4. The second kappa shape index (κ2) is 15.0. The normalized spacial score (nSPS) is 11.3. The summed E-state index contributed by atoms with van der Waals surface area (Å²) in [6.45, 7) is 7.70. The largest absolute Gasteiger partial charge is 0.486 e. The Bertz CT molecular complexity index is 2580. The van der Waals surface area contributed by atoms with E-state index in [9.17, 15) is 0 Å². The predicted molar refractivity (Wildman–Crippen MR) is 212 cm³/mol. The molecule has 4 aromatic heterocycles. The topological polar surface area (TPSA) is 56.7 Å². The van der Waals surface area contributed by atoms with E-state index in [1.807, 2.05) is 85.1 Å². The standard InChI is InChI=1S/C31H20N3O.C14H16NSi.Ir/c1-3-10-21(11-4-1)20-34-28-17-8-7-16-27(28)32-30(34)25-15-9-14-23-24-18-19-26(22-12-5-2-6-13-22)33-31(24)35-29(23)25;1-16(2,3)13-9-10-14(15-11-13)12-7-5-4-6-8-12;/h1-14,16-19H,20H2;4-7,9-11H,1-3H3;/q2*-1;. The molecule has 0 saturated heterocycles. The van der Waals surface area contributed by atoms with Gasteiger partial charge in [-0.2, -0.15) is 0 Å². The van der Waals surface area contributed by atoms with Gasteiger partial charge in [-0.1, -0.05) is 116 Å². The fraction of sp³-hybridized carbons (Fsp3) is 0.0889. The zero-order valence-electron chi connectivity index (χ0n) is 29.2. The van der Waals surface area contributed by atoms with Crippen molar-refractivity contribution in [2.45, 2.75) is 26.2 Å².